The lowest BCUT2D eigenvalue weighted by atomic mass is 9.66. The van der Waals surface area contributed by atoms with Crippen LogP contribution in [0, 0.1) is 0 Å². The van der Waals surface area contributed by atoms with E-state index in [1.165, 1.54) is 44.9 Å². The topological polar surface area (TPSA) is 37.4 Å². The lowest BCUT2D eigenvalue weighted by Gasteiger charge is -2.39. The molecule has 0 aromatic heterocycles. The number of nitrogens with zero attached hydrogens (tertiary/aromatic N) is 1. The average molecular weight is 382 g/mol. The summed E-state index contributed by atoms with van der Waals surface area (Å²) in [6, 6.07) is 2.21. The number of hydrogen-bond donors (Lipinski definition) is 0. The molecule has 3 heteroatoms. The van der Waals surface area contributed by atoms with Gasteiger partial charge in [-0.1, -0.05) is 68.4 Å². The van der Waals surface area contributed by atoms with Crippen LogP contribution in [0.5, 0.6) is 0 Å². The second-order valence-electron chi connectivity index (χ2n) is 11.4. The highest BCUT2D eigenvalue weighted by Crippen LogP contribution is 2.50. The Labute approximate surface area is 170 Å². The fourth-order valence-corrected chi connectivity index (χ4v) is 4.90. The lowest BCUT2D eigenvalue weighted by Crippen LogP contribution is -2.36. The number of hydrogen-bond acceptors (Lipinski definition) is 2. The monoisotopic (exact) mass is 381 g/mol. The standard InChI is InChI=1S/C25H35NO2/c1-23(2,3)16-14-15-10-11-17(26-18(27)12-13-19(26)28)20(15)22(25(7,8)9)21(16)24(4,5)6/h12-14,17H,10-11H2,1-9H3/t17-/m0/s1. The zero-order valence-corrected chi connectivity index (χ0v) is 19.0. The number of imide groups is 1. The van der Waals surface area contributed by atoms with Gasteiger partial charge in [0.2, 0.25) is 0 Å². The first-order chi connectivity index (χ1) is 12.6. The third kappa shape index (κ3) is 3.33. The largest absolute Gasteiger partial charge is 0.269 e. The maximum atomic E-state index is 12.5. The van der Waals surface area contributed by atoms with E-state index in [0.717, 1.165) is 12.8 Å². The summed E-state index contributed by atoms with van der Waals surface area (Å²) < 4.78 is 0. The van der Waals surface area contributed by atoms with Gasteiger partial charge in [-0.25, -0.2) is 0 Å². The molecule has 152 valence electrons. The van der Waals surface area contributed by atoms with E-state index in [2.05, 4.69) is 68.4 Å². The summed E-state index contributed by atoms with van der Waals surface area (Å²) in [4.78, 5) is 26.4. The van der Waals surface area contributed by atoms with Crippen LogP contribution in [0.2, 0.25) is 0 Å². The molecular weight excluding hydrogens is 346 g/mol. The highest BCUT2D eigenvalue weighted by atomic mass is 16.2. The molecule has 0 spiro atoms. The van der Waals surface area contributed by atoms with Crippen molar-refractivity contribution in [1.82, 2.24) is 4.90 Å². The normalized spacial score (nSPS) is 20.3. The molecule has 1 aliphatic heterocycles. The Balaban J connectivity index is 2.38. The van der Waals surface area contributed by atoms with E-state index in [0.29, 0.717) is 0 Å². The van der Waals surface area contributed by atoms with Gasteiger partial charge in [0.05, 0.1) is 6.04 Å². The number of aryl methyl sites for hydroxylation is 1. The minimum Gasteiger partial charge on any atom is -0.269 e. The highest BCUT2D eigenvalue weighted by Gasteiger charge is 2.43. The van der Waals surface area contributed by atoms with Gasteiger partial charge in [0.25, 0.3) is 11.8 Å². The predicted octanol–water partition coefficient (Wildman–Crippen LogP) is 5.49. The fourth-order valence-electron chi connectivity index (χ4n) is 4.90. The van der Waals surface area contributed by atoms with E-state index in [1.807, 2.05) is 0 Å². The lowest BCUT2D eigenvalue weighted by molar-refractivity contribution is -0.139. The average Bonchev–Trinajstić information content (AvgIpc) is 3.05. The summed E-state index contributed by atoms with van der Waals surface area (Å²) in [5, 5.41) is 0. The first kappa shape index (κ1) is 20.8. The molecule has 3 nitrogen and oxygen atoms in total. The molecule has 2 amide bonds. The molecule has 1 aromatic carbocycles. The van der Waals surface area contributed by atoms with Crippen molar-refractivity contribution in [3.05, 3.63) is 46.0 Å². The van der Waals surface area contributed by atoms with Crippen LogP contribution in [-0.2, 0) is 32.3 Å². The van der Waals surface area contributed by atoms with E-state index < -0.39 is 0 Å². The molecule has 0 unspecified atom stereocenters. The Morgan fingerprint density at radius 2 is 1.29 bits per heavy atom. The van der Waals surface area contributed by atoms with Gasteiger partial charge in [-0.3, -0.25) is 14.5 Å². The summed E-state index contributed by atoms with van der Waals surface area (Å²) in [6.45, 7) is 20.4. The minimum atomic E-state index is -0.181. The number of benzene rings is 1. The zero-order valence-electron chi connectivity index (χ0n) is 19.0. The molecule has 1 aliphatic carbocycles. The van der Waals surface area contributed by atoms with Crippen LogP contribution in [0.3, 0.4) is 0 Å². The van der Waals surface area contributed by atoms with Crippen LogP contribution in [0.1, 0.15) is 103 Å². The van der Waals surface area contributed by atoms with Crippen molar-refractivity contribution in [1.29, 1.82) is 0 Å². The number of rotatable bonds is 1. The predicted molar refractivity (Wildman–Crippen MR) is 115 cm³/mol. The van der Waals surface area contributed by atoms with Crippen molar-refractivity contribution in [3.8, 4) is 0 Å². The van der Waals surface area contributed by atoms with Crippen molar-refractivity contribution in [2.45, 2.75) is 97.4 Å². The third-order valence-electron chi connectivity index (χ3n) is 5.94. The first-order valence-corrected chi connectivity index (χ1v) is 10.4. The molecule has 2 aliphatic rings. The Hall–Kier alpha value is -1.90. The number of fused-ring (bicyclic) bond motifs is 1. The number of carbonyl (C=O) groups is 2. The van der Waals surface area contributed by atoms with Crippen molar-refractivity contribution in [2.24, 2.45) is 0 Å². The first-order valence-electron chi connectivity index (χ1n) is 10.4. The minimum absolute atomic E-state index is 0.0244. The second kappa shape index (κ2) is 6.30. The highest BCUT2D eigenvalue weighted by molar-refractivity contribution is 6.13. The molecular formula is C25H35NO2. The van der Waals surface area contributed by atoms with Crippen LogP contribution in [0.15, 0.2) is 18.2 Å². The van der Waals surface area contributed by atoms with Crippen LogP contribution in [0.25, 0.3) is 0 Å². The smallest absolute Gasteiger partial charge is 0.254 e. The van der Waals surface area contributed by atoms with Crippen LogP contribution < -0.4 is 0 Å². The molecule has 1 aromatic rings. The molecule has 1 heterocycles. The van der Waals surface area contributed by atoms with Gasteiger partial charge in [0.1, 0.15) is 0 Å². The van der Waals surface area contributed by atoms with Gasteiger partial charge in [-0.2, -0.15) is 0 Å². The van der Waals surface area contributed by atoms with Gasteiger partial charge < -0.3 is 0 Å². The van der Waals surface area contributed by atoms with Gasteiger partial charge in [-0.05, 0) is 56.9 Å². The maximum Gasteiger partial charge on any atom is 0.254 e. The molecule has 0 N–H and O–H groups in total. The van der Waals surface area contributed by atoms with Crippen LogP contribution in [0.4, 0.5) is 0 Å². The summed E-state index contributed by atoms with van der Waals surface area (Å²) in [5.74, 6) is -0.361. The van der Waals surface area contributed by atoms with Crippen molar-refractivity contribution in [3.63, 3.8) is 0 Å². The fraction of sp³-hybridized carbons (Fsp3) is 0.600. The Bertz CT molecular complexity index is 852. The second-order valence-corrected chi connectivity index (χ2v) is 11.4. The van der Waals surface area contributed by atoms with Crippen molar-refractivity contribution >= 4 is 11.8 Å². The van der Waals surface area contributed by atoms with Gasteiger partial charge in [-0.15, -0.1) is 0 Å². The Morgan fingerprint density at radius 3 is 1.71 bits per heavy atom. The van der Waals surface area contributed by atoms with Gasteiger partial charge >= 0.3 is 0 Å². The van der Waals surface area contributed by atoms with Gasteiger partial charge in [0.15, 0.2) is 0 Å². The summed E-state index contributed by atoms with van der Waals surface area (Å²) in [6.07, 6.45) is 4.54. The van der Waals surface area contributed by atoms with E-state index >= 15 is 0 Å². The van der Waals surface area contributed by atoms with Crippen molar-refractivity contribution in [2.75, 3.05) is 0 Å². The Kier molecular flexibility index (Phi) is 4.69. The summed E-state index contributed by atoms with van der Waals surface area (Å²) in [5.41, 5.74) is 6.53. The summed E-state index contributed by atoms with van der Waals surface area (Å²) in [7, 11) is 0. The van der Waals surface area contributed by atoms with Crippen LogP contribution >= 0.6 is 0 Å². The van der Waals surface area contributed by atoms with E-state index in [4.69, 9.17) is 0 Å². The van der Waals surface area contributed by atoms with Crippen molar-refractivity contribution < 1.29 is 9.59 Å². The van der Waals surface area contributed by atoms with Crippen LogP contribution in [-0.4, -0.2) is 16.7 Å². The molecule has 0 fully saturated rings. The number of carbonyl (C=O) groups excluding carboxylic acids is 2. The van der Waals surface area contributed by atoms with E-state index in [1.54, 1.807) is 0 Å². The SMILES string of the molecule is CC(C)(C)c1cc2c(c(C(C)(C)C)c1C(C)(C)C)[C@@H](N1C(=O)C=CC1=O)CC2. The molecule has 1 atom stereocenters. The number of amides is 2. The quantitative estimate of drug-likeness (QED) is 0.603. The molecule has 0 radical (unpaired) electrons. The third-order valence-corrected chi connectivity index (χ3v) is 5.94. The molecule has 3 rings (SSSR count). The van der Waals surface area contributed by atoms with E-state index in [9.17, 15) is 9.59 Å². The molecule has 28 heavy (non-hydrogen) atoms. The maximum absolute atomic E-state index is 12.5. The zero-order chi connectivity index (χ0) is 21.2. The van der Waals surface area contributed by atoms with Gasteiger partial charge in [0, 0.05) is 12.2 Å². The molecule has 0 saturated carbocycles. The van der Waals surface area contributed by atoms with E-state index in [-0.39, 0.29) is 34.1 Å². The summed E-state index contributed by atoms with van der Waals surface area (Å²) >= 11 is 0. The molecule has 0 saturated heterocycles. The Morgan fingerprint density at radius 1 is 0.786 bits per heavy atom. The molecule has 0 bridgehead atoms.